The summed E-state index contributed by atoms with van der Waals surface area (Å²) in [7, 11) is 0. The monoisotopic (exact) mass is 185 g/mol. The van der Waals surface area contributed by atoms with Crippen LogP contribution >= 0.6 is 0 Å². The standard InChI is InChI=1S/C11H23NO/c1-3-10(2)8-13-9-11(12)6-4-5-7-11/h10H,3-9,12H2,1-2H3. The Balaban J connectivity index is 2.11. The predicted octanol–water partition coefficient (Wildman–Crippen LogP) is 2.32. The summed E-state index contributed by atoms with van der Waals surface area (Å²) in [6.45, 7) is 6.05. The van der Waals surface area contributed by atoms with E-state index in [0.29, 0.717) is 5.92 Å². The van der Waals surface area contributed by atoms with Crippen molar-refractivity contribution in [3.63, 3.8) is 0 Å². The second-order valence-corrected chi connectivity index (χ2v) is 4.60. The maximum atomic E-state index is 6.16. The first kappa shape index (κ1) is 11.0. The van der Waals surface area contributed by atoms with Crippen LogP contribution in [0.5, 0.6) is 0 Å². The summed E-state index contributed by atoms with van der Waals surface area (Å²) in [5.74, 6) is 0.671. The molecule has 13 heavy (non-hydrogen) atoms. The van der Waals surface area contributed by atoms with Crippen molar-refractivity contribution in [2.24, 2.45) is 11.7 Å². The Hall–Kier alpha value is -0.0800. The minimum Gasteiger partial charge on any atom is -0.379 e. The van der Waals surface area contributed by atoms with E-state index in [-0.39, 0.29) is 5.54 Å². The summed E-state index contributed by atoms with van der Waals surface area (Å²) >= 11 is 0. The first-order valence-electron chi connectivity index (χ1n) is 5.53. The van der Waals surface area contributed by atoms with Crippen molar-refractivity contribution >= 4 is 0 Å². The molecule has 0 heterocycles. The second kappa shape index (κ2) is 4.97. The average molecular weight is 185 g/mol. The molecule has 0 spiro atoms. The molecule has 2 nitrogen and oxygen atoms in total. The molecule has 78 valence electrons. The third kappa shape index (κ3) is 3.65. The number of hydrogen-bond acceptors (Lipinski definition) is 2. The van der Waals surface area contributed by atoms with E-state index in [2.05, 4.69) is 13.8 Å². The first-order valence-corrected chi connectivity index (χ1v) is 5.53. The van der Waals surface area contributed by atoms with Gasteiger partial charge in [-0.2, -0.15) is 0 Å². The number of rotatable bonds is 5. The van der Waals surface area contributed by atoms with Gasteiger partial charge in [-0.3, -0.25) is 0 Å². The molecule has 0 bridgehead atoms. The van der Waals surface area contributed by atoms with Gasteiger partial charge in [0.2, 0.25) is 0 Å². The summed E-state index contributed by atoms with van der Waals surface area (Å²) < 4.78 is 5.65. The van der Waals surface area contributed by atoms with Crippen LogP contribution in [0.4, 0.5) is 0 Å². The van der Waals surface area contributed by atoms with Gasteiger partial charge in [0.15, 0.2) is 0 Å². The molecule has 1 fully saturated rings. The lowest BCUT2D eigenvalue weighted by Gasteiger charge is -2.24. The van der Waals surface area contributed by atoms with Crippen LogP contribution < -0.4 is 5.73 Å². The van der Waals surface area contributed by atoms with Crippen LogP contribution in [0.3, 0.4) is 0 Å². The van der Waals surface area contributed by atoms with Crippen molar-refractivity contribution < 1.29 is 4.74 Å². The highest BCUT2D eigenvalue weighted by molar-refractivity contribution is 4.88. The van der Waals surface area contributed by atoms with Crippen molar-refractivity contribution in [3.8, 4) is 0 Å². The lowest BCUT2D eigenvalue weighted by molar-refractivity contribution is 0.0641. The molecule has 0 aromatic heterocycles. The number of nitrogens with two attached hydrogens (primary N) is 1. The normalized spacial score (nSPS) is 23.3. The van der Waals surface area contributed by atoms with Gasteiger partial charge in [-0.1, -0.05) is 33.1 Å². The van der Waals surface area contributed by atoms with Crippen molar-refractivity contribution in [2.75, 3.05) is 13.2 Å². The van der Waals surface area contributed by atoms with Gasteiger partial charge in [0.1, 0.15) is 0 Å². The smallest absolute Gasteiger partial charge is 0.0646 e. The Morgan fingerprint density at radius 3 is 2.54 bits per heavy atom. The summed E-state index contributed by atoms with van der Waals surface area (Å²) in [4.78, 5) is 0. The van der Waals surface area contributed by atoms with Gasteiger partial charge in [-0.25, -0.2) is 0 Å². The highest BCUT2D eigenvalue weighted by Crippen LogP contribution is 2.27. The third-order valence-corrected chi connectivity index (χ3v) is 3.09. The second-order valence-electron chi connectivity index (χ2n) is 4.60. The number of ether oxygens (including phenoxy) is 1. The minimum atomic E-state index is 0.00740. The van der Waals surface area contributed by atoms with Gasteiger partial charge < -0.3 is 10.5 Å². The zero-order chi connectivity index (χ0) is 9.73. The molecule has 0 saturated heterocycles. The minimum absolute atomic E-state index is 0.00740. The first-order chi connectivity index (χ1) is 6.16. The van der Waals surface area contributed by atoms with E-state index in [1.165, 1.54) is 19.3 Å². The number of hydrogen-bond donors (Lipinski definition) is 1. The molecule has 1 aliphatic rings. The Kier molecular flexibility index (Phi) is 4.20. The van der Waals surface area contributed by atoms with Crippen LogP contribution in [0.2, 0.25) is 0 Å². The molecule has 1 rings (SSSR count). The molecule has 0 amide bonds. The molecule has 0 aliphatic heterocycles. The fourth-order valence-corrected chi connectivity index (χ4v) is 1.80. The van der Waals surface area contributed by atoms with Crippen LogP contribution in [0.25, 0.3) is 0 Å². The molecule has 1 unspecified atom stereocenters. The van der Waals surface area contributed by atoms with Crippen molar-refractivity contribution in [2.45, 2.75) is 51.5 Å². The van der Waals surface area contributed by atoms with Crippen LogP contribution in [0.15, 0.2) is 0 Å². The molecule has 1 aliphatic carbocycles. The Morgan fingerprint density at radius 2 is 2.00 bits per heavy atom. The maximum absolute atomic E-state index is 6.16. The molecular formula is C11H23NO. The summed E-state index contributed by atoms with van der Waals surface area (Å²) in [6.07, 6.45) is 6.05. The van der Waals surface area contributed by atoms with Crippen molar-refractivity contribution in [1.82, 2.24) is 0 Å². The van der Waals surface area contributed by atoms with Crippen LogP contribution in [0, 0.1) is 5.92 Å². The van der Waals surface area contributed by atoms with Crippen LogP contribution in [-0.2, 0) is 4.74 Å². The summed E-state index contributed by atoms with van der Waals surface area (Å²) in [6, 6.07) is 0. The molecule has 1 atom stereocenters. The van der Waals surface area contributed by atoms with Crippen LogP contribution in [0.1, 0.15) is 46.0 Å². The van der Waals surface area contributed by atoms with Crippen LogP contribution in [-0.4, -0.2) is 18.8 Å². The molecule has 0 aromatic carbocycles. The lowest BCUT2D eigenvalue weighted by atomic mass is 10.0. The zero-order valence-electron chi connectivity index (χ0n) is 9.01. The van der Waals surface area contributed by atoms with Gasteiger partial charge >= 0.3 is 0 Å². The predicted molar refractivity (Wildman–Crippen MR) is 55.7 cm³/mol. The topological polar surface area (TPSA) is 35.2 Å². The molecular weight excluding hydrogens is 162 g/mol. The fraction of sp³-hybridized carbons (Fsp3) is 1.00. The van der Waals surface area contributed by atoms with Gasteiger partial charge in [-0.05, 0) is 18.8 Å². The largest absolute Gasteiger partial charge is 0.379 e. The average Bonchev–Trinajstić information content (AvgIpc) is 2.52. The molecule has 0 aromatic rings. The Labute approximate surface area is 81.8 Å². The summed E-state index contributed by atoms with van der Waals surface area (Å²) in [5.41, 5.74) is 6.17. The third-order valence-electron chi connectivity index (χ3n) is 3.09. The Bertz CT molecular complexity index is 141. The quantitative estimate of drug-likeness (QED) is 0.713. The van der Waals surface area contributed by atoms with E-state index >= 15 is 0 Å². The van der Waals surface area contributed by atoms with E-state index in [1.807, 2.05) is 0 Å². The highest BCUT2D eigenvalue weighted by atomic mass is 16.5. The van der Waals surface area contributed by atoms with Gasteiger partial charge in [-0.15, -0.1) is 0 Å². The SMILES string of the molecule is CCC(C)COCC1(N)CCCC1. The van der Waals surface area contributed by atoms with E-state index in [4.69, 9.17) is 10.5 Å². The molecule has 2 heteroatoms. The lowest BCUT2D eigenvalue weighted by Crippen LogP contribution is -2.41. The maximum Gasteiger partial charge on any atom is 0.0646 e. The van der Waals surface area contributed by atoms with E-state index < -0.39 is 0 Å². The summed E-state index contributed by atoms with van der Waals surface area (Å²) in [5, 5.41) is 0. The molecule has 0 radical (unpaired) electrons. The van der Waals surface area contributed by atoms with Crippen molar-refractivity contribution in [3.05, 3.63) is 0 Å². The Morgan fingerprint density at radius 1 is 1.38 bits per heavy atom. The van der Waals surface area contributed by atoms with Gasteiger partial charge in [0.05, 0.1) is 6.61 Å². The molecule has 1 saturated carbocycles. The van der Waals surface area contributed by atoms with Crippen molar-refractivity contribution in [1.29, 1.82) is 0 Å². The van der Waals surface area contributed by atoms with E-state index in [9.17, 15) is 0 Å². The van der Waals surface area contributed by atoms with E-state index in [0.717, 1.165) is 26.1 Å². The van der Waals surface area contributed by atoms with Gasteiger partial charge in [0.25, 0.3) is 0 Å². The van der Waals surface area contributed by atoms with Gasteiger partial charge in [0, 0.05) is 12.1 Å². The fourth-order valence-electron chi connectivity index (χ4n) is 1.80. The zero-order valence-corrected chi connectivity index (χ0v) is 9.01. The highest BCUT2D eigenvalue weighted by Gasteiger charge is 2.29. The van der Waals surface area contributed by atoms with E-state index in [1.54, 1.807) is 0 Å². The molecule has 2 N–H and O–H groups in total.